The van der Waals surface area contributed by atoms with Crippen LogP contribution in [0.3, 0.4) is 0 Å². The number of aromatic hydroxyl groups is 2. The van der Waals surface area contributed by atoms with Crippen LogP contribution in [0.4, 0.5) is 0 Å². The van der Waals surface area contributed by atoms with E-state index in [-0.39, 0.29) is 23.3 Å². The topological polar surface area (TPSA) is 89.9 Å². The second-order valence-electron chi connectivity index (χ2n) is 6.11. The fourth-order valence-corrected chi connectivity index (χ4v) is 4.78. The molecular weight excluding hydrogens is 416 g/mol. The Balaban J connectivity index is 1.58. The van der Waals surface area contributed by atoms with Crippen LogP contribution in [0.2, 0.25) is 0 Å². The van der Waals surface area contributed by atoms with Crippen molar-refractivity contribution in [3.8, 4) is 11.5 Å². The molecule has 9 heteroatoms. The number of phenolic OH excluding ortho intramolecular Hbond substituents is 2. The van der Waals surface area contributed by atoms with Crippen molar-refractivity contribution in [2.24, 2.45) is 0 Å². The van der Waals surface area contributed by atoms with Gasteiger partial charge in [0.1, 0.15) is 10.4 Å². The molecule has 1 aromatic carbocycles. The summed E-state index contributed by atoms with van der Waals surface area (Å²) in [6.45, 7) is 1.97. The average molecular weight is 435 g/mol. The van der Waals surface area contributed by atoms with Gasteiger partial charge >= 0.3 is 0 Å². The monoisotopic (exact) mass is 434 g/mol. The van der Waals surface area contributed by atoms with E-state index in [9.17, 15) is 19.8 Å². The summed E-state index contributed by atoms with van der Waals surface area (Å²) in [4.78, 5) is 27.9. The van der Waals surface area contributed by atoms with E-state index in [0.717, 1.165) is 10.4 Å². The highest BCUT2D eigenvalue weighted by molar-refractivity contribution is 8.26. The van der Waals surface area contributed by atoms with Gasteiger partial charge in [0.05, 0.1) is 4.91 Å². The predicted molar refractivity (Wildman–Crippen MR) is 115 cm³/mol. The summed E-state index contributed by atoms with van der Waals surface area (Å²) in [7, 11) is 0. The number of benzene rings is 1. The Hall–Kier alpha value is -2.36. The molecule has 0 radical (unpaired) electrons. The van der Waals surface area contributed by atoms with Gasteiger partial charge < -0.3 is 15.5 Å². The molecule has 3 rings (SSSR count). The molecule has 2 amide bonds. The molecule has 1 unspecified atom stereocenters. The summed E-state index contributed by atoms with van der Waals surface area (Å²) in [6.07, 6.45) is 2.26. The first-order valence-electron chi connectivity index (χ1n) is 8.46. The van der Waals surface area contributed by atoms with Crippen molar-refractivity contribution < 1.29 is 19.8 Å². The molecule has 146 valence electrons. The van der Waals surface area contributed by atoms with Crippen molar-refractivity contribution in [2.75, 3.05) is 6.54 Å². The lowest BCUT2D eigenvalue weighted by molar-refractivity contribution is -0.132. The normalized spacial score (nSPS) is 16.6. The second-order valence-corrected chi connectivity index (χ2v) is 8.76. The van der Waals surface area contributed by atoms with Gasteiger partial charge in [0, 0.05) is 11.4 Å². The van der Waals surface area contributed by atoms with Crippen LogP contribution in [0.5, 0.6) is 11.5 Å². The summed E-state index contributed by atoms with van der Waals surface area (Å²) in [5.41, 5.74) is 0.771. The number of carbonyl (C=O) groups is 2. The third-order valence-corrected chi connectivity index (χ3v) is 6.31. The van der Waals surface area contributed by atoms with E-state index in [2.05, 4.69) is 5.32 Å². The number of rotatable bonds is 6. The second kappa shape index (κ2) is 8.76. The highest BCUT2D eigenvalue weighted by Crippen LogP contribution is 2.34. The van der Waals surface area contributed by atoms with Crippen molar-refractivity contribution in [3.63, 3.8) is 0 Å². The zero-order valence-electron chi connectivity index (χ0n) is 14.9. The van der Waals surface area contributed by atoms with Crippen molar-refractivity contribution in [3.05, 3.63) is 51.1 Å². The van der Waals surface area contributed by atoms with Crippen LogP contribution < -0.4 is 5.32 Å². The number of amides is 2. The molecule has 1 aromatic heterocycles. The van der Waals surface area contributed by atoms with Gasteiger partial charge in [0.15, 0.2) is 11.5 Å². The Morgan fingerprint density at radius 3 is 2.79 bits per heavy atom. The van der Waals surface area contributed by atoms with Crippen LogP contribution in [-0.4, -0.2) is 43.8 Å². The first-order chi connectivity index (χ1) is 13.4. The van der Waals surface area contributed by atoms with Gasteiger partial charge in [-0.05, 0) is 48.6 Å². The standard InChI is InChI=1S/C19H18N2O4S3/c1-11(17(24)20-7-6-12-4-5-14(22)15(23)9-12)21-18(25)16(28-19(21)26)10-13-3-2-8-27-13/h2-5,8-11,22-23H,6-7H2,1H3,(H,20,24). The zero-order chi connectivity index (χ0) is 20.3. The summed E-state index contributed by atoms with van der Waals surface area (Å²) in [5, 5.41) is 23.5. The van der Waals surface area contributed by atoms with E-state index in [1.807, 2.05) is 17.5 Å². The third kappa shape index (κ3) is 4.54. The Morgan fingerprint density at radius 2 is 2.11 bits per heavy atom. The van der Waals surface area contributed by atoms with Crippen LogP contribution in [0.1, 0.15) is 17.4 Å². The molecule has 3 N–H and O–H groups in total. The maximum Gasteiger partial charge on any atom is 0.266 e. The van der Waals surface area contributed by atoms with Crippen LogP contribution in [0.25, 0.3) is 6.08 Å². The van der Waals surface area contributed by atoms with E-state index in [0.29, 0.717) is 22.2 Å². The van der Waals surface area contributed by atoms with Gasteiger partial charge in [0.25, 0.3) is 5.91 Å². The average Bonchev–Trinajstić information content (AvgIpc) is 3.26. The summed E-state index contributed by atoms with van der Waals surface area (Å²) < 4.78 is 0.360. The molecule has 0 saturated carbocycles. The van der Waals surface area contributed by atoms with Crippen LogP contribution >= 0.6 is 35.3 Å². The number of carbonyl (C=O) groups excluding carboxylic acids is 2. The molecule has 1 fully saturated rings. The van der Waals surface area contributed by atoms with Gasteiger partial charge in [-0.3, -0.25) is 14.5 Å². The molecule has 1 aliphatic rings. The number of hydrogen-bond donors (Lipinski definition) is 3. The highest BCUT2D eigenvalue weighted by Gasteiger charge is 2.38. The van der Waals surface area contributed by atoms with E-state index in [4.69, 9.17) is 12.2 Å². The van der Waals surface area contributed by atoms with Gasteiger partial charge in [-0.25, -0.2) is 0 Å². The largest absolute Gasteiger partial charge is 0.504 e. The van der Waals surface area contributed by atoms with Gasteiger partial charge in [-0.2, -0.15) is 0 Å². The molecule has 1 saturated heterocycles. The summed E-state index contributed by atoms with van der Waals surface area (Å²) in [5.74, 6) is -0.968. The number of nitrogens with one attached hydrogen (secondary N) is 1. The van der Waals surface area contributed by atoms with Crippen LogP contribution in [0.15, 0.2) is 40.6 Å². The SMILES string of the molecule is CC(C(=O)NCCc1ccc(O)c(O)c1)N1C(=O)C(=Cc2cccs2)SC1=S. The molecule has 0 bridgehead atoms. The number of thiophene rings is 1. The molecule has 0 spiro atoms. The van der Waals surface area contributed by atoms with Crippen molar-refractivity contribution in [1.29, 1.82) is 0 Å². The smallest absolute Gasteiger partial charge is 0.266 e. The molecule has 6 nitrogen and oxygen atoms in total. The minimum Gasteiger partial charge on any atom is -0.504 e. The molecule has 2 heterocycles. The Kier molecular flexibility index (Phi) is 6.38. The quantitative estimate of drug-likeness (QED) is 0.368. The van der Waals surface area contributed by atoms with Gasteiger partial charge in [-0.15, -0.1) is 11.3 Å². The van der Waals surface area contributed by atoms with Crippen molar-refractivity contribution >= 4 is 57.5 Å². The van der Waals surface area contributed by atoms with E-state index in [1.165, 1.54) is 40.1 Å². The number of thiocarbonyl (C=S) groups is 1. The Morgan fingerprint density at radius 1 is 1.32 bits per heavy atom. The fourth-order valence-electron chi connectivity index (χ4n) is 2.64. The Bertz CT molecular complexity index is 941. The molecule has 1 atom stereocenters. The minimum absolute atomic E-state index is 0.189. The number of phenols is 2. The highest BCUT2D eigenvalue weighted by atomic mass is 32.2. The molecule has 1 aliphatic heterocycles. The maximum atomic E-state index is 12.7. The maximum absolute atomic E-state index is 12.7. The molecule has 2 aromatic rings. The first kappa shape index (κ1) is 20.4. The van der Waals surface area contributed by atoms with Gasteiger partial charge in [0.2, 0.25) is 5.91 Å². The number of thioether (sulfide) groups is 1. The van der Waals surface area contributed by atoms with Crippen LogP contribution in [-0.2, 0) is 16.0 Å². The third-order valence-electron chi connectivity index (χ3n) is 4.16. The minimum atomic E-state index is -0.727. The summed E-state index contributed by atoms with van der Waals surface area (Å²) >= 11 is 8.02. The van der Waals surface area contributed by atoms with Crippen molar-refractivity contribution in [2.45, 2.75) is 19.4 Å². The van der Waals surface area contributed by atoms with E-state index in [1.54, 1.807) is 19.1 Å². The molecule has 0 aliphatic carbocycles. The first-order valence-corrected chi connectivity index (χ1v) is 10.6. The number of hydrogen-bond acceptors (Lipinski definition) is 7. The summed E-state index contributed by atoms with van der Waals surface area (Å²) in [6, 6.07) is 7.60. The van der Waals surface area contributed by atoms with E-state index >= 15 is 0 Å². The number of nitrogens with zero attached hydrogens (tertiary/aromatic N) is 1. The lowest BCUT2D eigenvalue weighted by Crippen LogP contribution is -2.47. The Labute approximate surface area is 175 Å². The predicted octanol–water partition coefficient (Wildman–Crippen LogP) is 3.11. The fraction of sp³-hybridized carbons (Fsp3) is 0.211. The molecular formula is C19H18N2O4S3. The van der Waals surface area contributed by atoms with Crippen molar-refractivity contribution in [1.82, 2.24) is 10.2 Å². The zero-order valence-corrected chi connectivity index (χ0v) is 17.4. The van der Waals surface area contributed by atoms with E-state index < -0.39 is 6.04 Å². The van der Waals surface area contributed by atoms with Gasteiger partial charge in [-0.1, -0.05) is 36.1 Å². The lowest BCUT2D eigenvalue weighted by atomic mass is 10.1. The lowest BCUT2D eigenvalue weighted by Gasteiger charge is -2.22. The molecule has 28 heavy (non-hydrogen) atoms. The van der Waals surface area contributed by atoms with Crippen LogP contribution in [0, 0.1) is 0 Å².